The zero-order valence-corrected chi connectivity index (χ0v) is 20.4. The van der Waals surface area contributed by atoms with Crippen molar-refractivity contribution in [2.24, 2.45) is 0 Å². The molecule has 0 aromatic heterocycles. The van der Waals surface area contributed by atoms with Crippen molar-refractivity contribution in [1.29, 1.82) is 0 Å². The quantitative estimate of drug-likeness (QED) is 0.166. The summed E-state index contributed by atoms with van der Waals surface area (Å²) < 4.78 is 20.0. The van der Waals surface area contributed by atoms with Gasteiger partial charge in [0.2, 0.25) is 5.75 Å². The van der Waals surface area contributed by atoms with E-state index in [1.807, 2.05) is 6.92 Å². The van der Waals surface area contributed by atoms with Crippen LogP contribution in [0.4, 0.5) is 0 Å². The number of hydrogen-bond donors (Lipinski definition) is 2. The summed E-state index contributed by atoms with van der Waals surface area (Å²) >= 11 is 0. The lowest BCUT2D eigenvalue weighted by molar-refractivity contribution is -0.167. The number of carbonyl (C=O) groups excluding carboxylic acids is 3. The van der Waals surface area contributed by atoms with Gasteiger partial charge in [-0.15, -0.1) is 0 Å². The highest BCUT2D eigenvalue weighted by Crippen LogP contribution is 2.37. The Morgan fingerprint density at radius 2 is 1.62 bits per heavy atom. The number of aliphatic hydroxyl groups excluding tert-OH is 1. The number of esters is 3. The molecular weight excluding hydrogens is 444 g/mol. The minimum absolute atomic E-state index is 0.128. The molecule has 9 nitrogen and oxygen atoms in total. The standard InChI is InChI=1S/C25H36O9/c1-5-7-8-9-10-11-18(6-2)33-23(28)16-19(26)25(30)34-22(27)13-12-17-14-20(31-3)24(29)21(15-17)32-4/h12-15,18-19,26,29H,5-11,16H2,1-4H3/b13-12+. The highest BCUT2D eigenvalue weighted by atomic mass is 16.6. The van der Waals surface area contributed by atoms with Crippen LogP contribution in [0.2, 0.25) is 0 Å². The van der Waals surface area contributed by atoms with Crippen molar-refractivity contribution >= 4 is 24.0 Å². The van der Waals surface area contributed by atoms with Crippen LogP contribution >= 0.6 is 0 Å². The molecule has 9 heteroatoms. The monoisotopic (exact) mass is 480 g/mol. The molecule has 0 aliphatic heterocycles. The number of aliphatic hydroxyl groups is 1. The molecule has 0 fully saturated rings. The Morgan fingerprint density at radius 1 is 1.00 bits per heavy atom. The van der Waals surface area contributed by atoms with E-state index in [9.17, 15) is 24.6 Å². The van der Waals surface area contributed by atoms with E-state index in [0.29, 0.717) is 12.0 Å². The molecule has 2 N–H and O–H groups in total. The van der Waals surface area contributed by atoms with Crippen molar-refractivity contribution in [3.63, 3.8) is 0 Å². The fraction of sp³-hybridized carbons (Fsp3) is 0.560. The number of unbranched alkanes of at least 4 members (excludes halogenated alkanes) is 4. The number of rotatable bonds is 15. The molecule has 0 aliphatic carbocycles. The van der Waals surface area contributed by atoms with Crippen LogP contribution in [0.5, 0.6) is 17.2 Å². The number of ether oxygens (including phenoxy) is 4. The second kappa shape index (κ2) is 15.7. The van der Waals surface area contributed by atoms with Gasteiger partial charge in [-0.25, -0.2) is 9.59 Å². The van der Waals surface area contributed by atoms with Crippen LogP contribution in [0.1, 0.15) is 70.8 Å². The lowest BCUT2D eigenvalue weighted by Crippen LogP contribution is -2.29. The van der Waals surface area contributed by atoms with Gasteiger partial charge in [0.25, 0.3) is 0 Å². The Morgan fingerprint density at radius 3 is 2.18 bits per heavy atom. The van der Waals surface area contributed by atoms with E-state index >= 15 is 0 Å². The van der Waals surface area contributed by atoms with Crippen LogP contribution in [0.3, 0.4) is 0 Å². The molecule has 0 saturated heterocycles. The van der Waals surface area contributed by atoms with Gasteiger partial charge < -0.3 is 29.2 Å². The summed E-state index contributed by atoms with van der Waals surface area (Å²) in [5.74, 6) is -2.96. The van der Waals surface area contributed by atoms with Crippen LogP contribution in [-0.4, -0.2) is 54.5 Å². The van der Waals surface area contributed by atoms with E-state index in [4.69, 9.17) is 14.2 Å². The Kier molecular flexibility index (Phi) is 13.4. The molecule has 2 atom stereocenters. The van der Waals surface area contributed by atoms with E-state index in [-0.39, 0.29) is 23.4 Å². The van der Waals surface area contributed by atoms with Crippen LogP contribution in [0, 0.1) is 0 Å². The second-order valence-corrected chi connectivity index (χ2v) is 7.79. The van der Waals surface area contributed by atoms with Gasteiger partial charge in [0.05, 0.1) is 20.6 Å². The SMILES string of the molecule is CCCCCCCC(CC)OC(=O)CC(O)C(=O)OC(=O)/C=C/c1cc(OC)c(O)c(OC)c1. The van der Waals surface area contributed by atoms with Gasteiger partial charge in [0.1, 0.15) is 6.10 Å². The second-order valence-electron chi connectivity index (χ2n) is 7.79. The summed E-state index contributed by atoms with van der Waals surface area (Å²) in [6.45, 7) is 4.04. The van der Waals surface area contributed by atoms with E-state index in [1.54, 1.807) is 0 Å². The van der Waals surface area contributed by atoms with Crippen molar-refractivity contribution in [2.45, 2.75) is 77.4 Å². The van der Waals surface area contributed by atoms with Gasteiger partial charge in [0.15, 0.2) is 17.6 Å². The predicted octanol–water partition coefficient (Wildman–Crippen LogP) is 3.93. The summed E-state index contributed by atoms with van der Waals surface area (Å²) in [5, 5.41) is 19.8. The highest BCUT2D eigenvalue weighted by molar-refractivity contribution is 5.96. The Bertz CT molecular complexity index is 807. The first-order chi connectivity index (χ1) is 16.2. The van der Waals surface area contributed by atoms with E-state index in [0.717, 1.165) is 38.2 Å². The molecule has 0 aliphatic rings. The van der Waals surface area contributed by atoms with Crippen LogP contribution in [0.15, 0.2) is 18.2 Å². The van der Waals surface area contributed by atoms with Crippen LogP contribution in [0.25, 0.3) is 6.08 Å². The molecule has 0 radical (unpaired) electrons. The molecule has 1 aromatic carbocycles. The first kappa shape index (κ1) is 29.0. The molecule has 34 heavy (non-hydrogen) atoms. The highest BCUT2D eigenvalue weighted by Gasteiger charge is 2.24. The van der Waals surface area contributed by atoms with E-state index in [1.165, 1.54) is 38.8 Å². The summed E-state index contributed by atoms with van der Waals surface area (Å²) in [7, 11) is 2.72. The number of phenolic OH excluding ortho intramolecular Hbond substituents is 1. The molecule has 0 spiro atoms. The lowest BCUT2D eigenvalue weighted by Gasteiger charge is -2.17. The Labute approximate surface area is 200 Å². The molecule has 0 heterocycles. The maximum atomic E-state index is 12.1. The molecular formula is C25H36O9. The first-order valence-electron chi connectivity index (χ1n) is 11.5. The van der Waals surface area contributed by atoms with Gasteiger partial charge in [-0.05, 0) is 43.0 Å². The van der Waals surface area contributed by atoms with E-state index < -0.39 is 30.4 Å². The minimum Gasteiger partial charge on any atom is -0.502 e. The zero-order valence-electron chi connectivity index (χ0n) is 20.4. The third-order valence-corrected chi connectivity index (χ3v) is 5.13. The average molecular weight is 481 g/mol. The van der Waals surface area contributed by atoms with Gasteiger partial charge in [-0.2, -0.15) is 0 Å². The first-order valence-corrected chi connectivity index (χ1v) is 11.5. The smallest absolute Gasteiger partial charge is 0.343 e. The molecule has 0 amide bonds. The number of methoxy groups -OCH3 is 2. The number of benzene rings is 1. The van der Waals surface area contributed by atoms with Crippen molar-refractivity contribution in [3.05, 3.63) is 23.8 Å². The fourth-order valence-corrected chi connectivity index (χ4v) is 3.17. The van der Waals surface area contributed by atoms with Gasteiger partial charge in [0, 0.05) is 6.08 Å². The predicted molar refractivity (Wildman–Crippen MR) is 126 cm³/mol. The normalized spacial score (nSPS) is 12.7. The van der Waals surface area contributed by atoms with Crippen LogP contribution in [-0.2, 0) is 23.9 Å². The maximum absolute atomic E-state index is 12.1. The average Bonchev–Trinajstić information content (AvgIpc) is 2.82. The molecule has 0 saturated carbocycles. The minimum atomic E-state index is -1.82. The molecule has 2 unspecified atom stereocenters. The van der Waals surface area contributed by atoms with Crippen LogP contribution < -0.4 is 9.47 Å². The third kappa shape index (κ3) is 10.2. The summed E-state index contributed by atoms with van der Waals surface area (Å²) in [6, 6.07) is 2.89. The summed E-state index contributed by atoms with van der Waals surface area (Å²) in [4.78, 5) is 36.0. The molecule has 190 valence electrons. The van der Waals surface area contributed by atoms with Crippen molar-refractivity contribution in [2.75, 3.05) is 14.2 Å². The van der Waals surface area contributed by atoms with Gasteiger partial charge in [-0.1, -0.05) is 39.5 Å². The van der Waals surface area contributed by atoms with Gasteiger partial charge >= 0.3 is 17.9 Å². The zero-order chi connectivity index (χ0) is 25.5. The lowest BCUT2D eigenvalue weighted by atomic mass is 10.1. The third-order valence-electron chi connectivity index (χ3n) is 5.13. The summed E-state index contributed by atoms with van der Waals surface area (Å²) in [6.07, 6.45) is 6.41. The Balaban J connectivity index is 2.54. The van der Waals surface area contributed by atoms with Gasteiger partial charge in [-0.3, -0.25) is 4.79 Å². The molecule has 0 bridgehead atoms. The van der Waals surface area contributed by atoms with Crippen molar-refractivity contribution in [1.82, 2.24) is 0 Å². The largest absolute Gasteiger partial charge is 0.502 e. The molecule has 1 rings (SSSR count). The molecule has 1 aromatic rings. The number of carbonyl (C=O) groups is 3. The Hall–Kier alpha value is -3.07. The van der Waals surface area contributed by atoms with E-state index in [2.05, 4.69) is 11.7 Å². The number of phenols is 1. The number of hydrogen-bond acceptors (Lipinski definition) is 9. The number of aromatic hydroxyl groups is 1. The van der Waals surface area contributed by atoms with Crippen molar-refractivity contribution in [3.8, 4) is 17.2 Å². The summed E-state index contributed by atoms with van der Waals surface area (Å²) in [5.41, 5.74) is 0.431. The van der Waals surface area contributed by atoms with Crippen molar-refractivity contribution < 1.29 is 43.5 Å². The maximum Gasteiger partial charge on any atom is 0.343 e. The topological polar surface area (TPSA) is 129 Å². The fourth-order valence-electron chi connectivity index (χ4n) is 3.17.